The first kappa shape index (κ1) is 12.9. The highest BCUT2D eigenvalue weighted by Crippen LogP contribution is 2.30. The minimum atomic E-state index is 0.0894. The number of halogens is 1. The van der Waals surface area contributed by atoms with Crippen molar-refractivity contribution in [3.8, 4) is 0 Å². The van der Waals surface area contributed by atoms with Crippen LogP contribution in [0.5, 0.6) is 0 Å². The molecule has 1 saturated heterocycles. The van der Waals surface area contributed by atoms with E-state index in [1.807, 2.05) is 6.07 Å². The molecule has 2 rings (SSSR count). The summed E-state index contributed by atoms with van der Waals surface area (Å²) in [6.07, 6.45) is 2.68. The van der Waals surface area contributed by atoms with E-state index in [4.69, 9.17) is 16.3 Å². The average Bonchev–Trinajstić information content (AvgIpc) is 2.80. The first-order valence-corrected chi connectivity index (χ1v) is 6.89. The topological polar surface area (TPSA) is 12.5 Å². The van der Waals surface area contributed by atoms with Crippen molar-refractivity contribution < 1.29 is 4.74 Å². The molecular weight excluding hydrogens is 234 g/mol. The first-order valence-electron chi connectivity index (χ1n) is 6.35. The Balaban J connectivity index is 2.07. The molecule has 2 unspecified atom stereocenters. The van der Waals surface area contributed by atoms with Gasteiger partial charge in [0.15, 0.2) is 0 Å². The summed E-state index contributed by atoms with van der Waals surface area (Å²) in [5, 5.41) is 0. The summed E-state index contributed by atoms with van der Waals surface area (Å²) in [6, 6.07) is 10.4. The standard InChI is InChI=1S/C14H20ClNO/c1-2-3-9-16-11-13(10-15)17-14(16)12-7-5-4-6-8-12/h4-8,13-14H,2-3,9-11H2,1H3. The van der Waals surface area contributed by atoms with E-state index in [1.54, 1.807) is 0 Å². The van der Waals surface area contributed by atoms with Crippen LogP contribution in [0, 0.1) is 0 Å². The van der Waals surface area contributed by atoms with Crippen molar-refractivity contribution in [2.45, 2.75) is 32.1 Å². The second kappa shape index (κ2) is 6.39. The zero-order valence-electron chi connectivity index (χ0n) is 10.3. The van der Waals surface area contributed by atoms with E-state index in [-0.39, 0.29) is 12.3 Å². The van der Waals surface area contributed by atoms with Gasteiger partial charge in [-0.1, -0.05) is 43.7 Å². The summed E-state index contributed by atoms with van der Waals surface area (Å²) < 4.78 is 6.00. The number of benzene rings is 1. The van der Waals surface area contributed by atoms with Crippen molar-refractivity contribution in [1.29, 1.82) is 0 Å². The fraction of sp³-hybridized carbons (Fsp3) is 0.571. The summed E-state index contributed by atoms with van der Waals surface area (Å²) in [6.45, 7) is 4.25. The molecule has 0 spiro atoms. The van der Waals surface area contributed by atoms with Crippen LogP contribution in [0.3, 0.4) is 0 Å². The minimum absolute atomic E-state index is 0.0894. The highest BCUT2D eigenvalue weighted by Gasteiger charge is 2.32. The van der Waals surface area contributed by atoms with Crippen LogP contribution in [0.15, 0.2) is 30.3 Å². The number of nitrogens with zero attached hydrogens (tertiary/aromatic N) is 1. The van der Waals surface area contributed by atoms with Crippen molar-refractivity contribution in [1.82, 2.24) is 4.90 Å². The molecule has 0 amide bonds. The lowest BCUT2D eigenvalue weighted by molar-refractivity contribution is 0.00514. The average molecular weight is 254 g/mol. The Labute approximate surface area is 109 Å². The molecule has 2 nitrogen and oxygen atoms in total. The SMILES string of the molecule is CCCCN1CC(CCl)OC1c1ccccc1. The van der Waals surface area contributed by atoms with Crippen LogP contribution in [0.4, 0.5) is 0 Å². The van der Waals surface area contributed by atoms with Crippen LogP contribution >= 0.6 is 11.6 Å². The highest BCUT2D eigenvalue weighted by atomic mass is 35.5. The molecule has 94 valence electrons. The van der Waals surface area contributed by atoms with Gasteiger partial charge in [-0.05, 0) is 12.0 Å². The van der Waals surface area contributed by atoms with Gasteiger partial charge >= 0.3 is 0 Å². The van der Waals surface area contributed by atoms with Crippen molar-refractivity contribution >= 4 is 11.6 Å². The lowest BCUT2D eigenvalue weighted by Crippen LogP contribution is -2.26. The summed E-state index contributed by atoms with van der Waals surface area (Å²) in [7, 11) is 0. The van der Waals surface area contributed by atoms with E-state index in [9.17, 15) is 0 Å². The van der Waals surface area contributed by atoms with Gasteiger partial charge in [-0.2, -0.15) is 0 Å². The van der Waals surface area contributed by atoms with E-state index in [0.29, 0.717) is 5.88 Å². The van der Waals surface area contributed by atoms with Gasteiger partial charge in [0.25, 0.3) is 0 Å². The predicted molar refractivity (Wildman–Crippen MR) is 71.3 cm³/mol. The maximum atomic E-state index is 6.00. The molecule has 0 bridgehead atoms. The molecule has 1 aliphatic heterocycles. The molecule has 1 heterocycles. The van der Waals surface area contributed by atoms with Gasteiger partial charge in [-0.3, -0.25) is 4.90 Å². The number of hydrogen-bond acceptors (Lipinski definition) is 2. The number of hydrogen-bond donors (Lipinski definition) is 0. The van der Waals surface area contributed by atoms with Gasteiger partial charge in [-0.25, -0.2) is 0 Å². The molecule has 2 atom stereocenters. The fourth-order valence-electron chi connectivity index (χ4n) is 2.23. The predicted octanol–water partition coefficient (Wildman–Crippen LogP) is 3.42. The molecule has 1 aliphatic rings. The molecule has 3 heteroatoms. The van der Waals surface area contributed by atoms with Gasteiger partial charge in [0.05, 0.1) is 6.10 Å². The Kier molecular flexibility index (Phi) is 4.84. The minimum Gasteiger partial charge on any atom is -0.353 e. The zero-order chi connectivity index (χ0) is 12.1. The van der Waals surface area contributed by atoms with E-state index < -0.39 is 0 Å². The fourth-order valence-corrected chi connectivity index (χ4v) is 2.40. The van der Waals surface area contributed by atoms with Crippen molar-refractivity contribution in [3.63, 3.8) is 0 Å². The molecule has 0 aliphatic carbocycles. The summed E-state index contributed by atoms with van der Waals surface area (Å²) >= 11 is 5.91. The van der Waals surface area contributed by atoms with Gasteiger partial charge < -0.3 is 4.74 Å². The Hall–Kier alpha value is -0.570. The van der Waals surface area contributed by atoms with Crippen molar-refractivity contribution in [2.24, 2.45) is 0 Å². The Morgan fingerprint density at radius 1 is 1.35 bits per heavy atom. The summed E-state index contributed by atoms with van der Waals surface area (Å²) in [5.41, 5.74) is 1.23. The number of ether oxygens (including phenoxy) is 1. The second-order valence-corrected chi connectivity index (χ2v) is 4.83. The molecule has 0 radical (unpaired) electrons. The van der Waals surface area contributed by atoms with E-state index in [2.05, 4.69) is 36.1 Å². The third-order valence-electron chi connectivity index (χ3n) is 3.15. The van der Waals surface area contributed by atoms with Gasteiger partial charge in [0, 0.05) is 19.0 Å². The smallest absolute Gasteiger partial charge is 0.137 e. The molecule has 1 aromatic carbocycles. The van der Waals surface area contributed by atoms with E-state index in [0.717, 1.165) is 13.1 Å². The van der Waals surface area contributed by atoms with Crippen LogP contribution in [-0.4, -0.2) is 30.0 Å². The lowest BCUT2D eigenvalue weighted by atomic mass is 10.2. The van der Waals surface area contributed by atoms with Gasteiger partial charge in [0.1, 0.15) is 6.23 Å². The van der Waals surface area contributed by atoms with Crippen molar-refractivity contribution in [2.75, 3.05) is 19.0 Å². The van der Waals surface area contributed by atoms with Crippen LogP contribution in [0.2, 0.25) is 0 Å². The number of alkyl halides is 1. The van der Waals surface area contributed by atoms with E-state index in [1.165, 1.54) is 18.4 Å². The summed E-state index contributed by atoms with van der Waals surface area (Å²) in [5.74, 6) is 0.575. The molecule has 0 aromatic heterocycles. The number of unbranched alkanes of at least 4 members (excludes halogenated alkanes) is 1. The molecule has 17 heavy (non-hydrogen) atoms. The maximum Gasteiger partial charge on any atom is 0.137 e. The molecule has 1 aromatic rings. The zero-order valence-corrected chi connectivity index (χ0v) is 11.1. The number of rotatable bonds is 5. The quantitative estimate of drug-likeness (QED) is 0.746. The van der Waals surface area contributed by atoms with Gasteiger partial charge in [0.2, 0.25) is 0 Å². The van der Waals surface area contributed by atoms with Crippen LogP contribution in [0.25, 0.3) is 0 Å². The Morgan fingerprint density at radius 2 is 2.12 bits per heavy atom. The van der Waals surface area contributed by atoms with Crippen LogP contribution < -0.4 is 0 Å². The third-order valence-corrected chi connectivity index (χ3v) is 3.49. The molecule has 0 N–H and O–H groups in total. The monoisotopic (exact) mass is 253 g/mol. The molecular formula is C14H20ClNO. The van der Waals surface area contributed by atoms with Crippen LogP contribution in [0.1, 0.15) is 31.6 Å². The van der Waals surface area contributed by atoms with E-state index >= 15 is 0 Å². The summed E-state index contributed by atoms with van der Waals surface area (Å²) in [4.78, 5) is 2.39. The van der Waals surface area contributed by atoms with Crippen LogP contribution in [-0.2, 0) is 4.74 Å². The van der Waals surface area contributed by atoms with Crippen molar-refractivity contribution in [3.05, 3.63) is 35.9 Å². The third kappa shape index (κ3) is 3.21. The second-order valence-electron chi connectivity index (χ2n) is 4.52. The highest BCUT2D eigenvalue weighted by molar-refractivity contribution is 6.18. The normalized spacial score (nSPS) is 25.3. The maximum absolute atomic E-state index is 6.00. The molecule has 0 saturated carbocycles. The first-order chi connectivity index (χ1) is 8.35. The van der Waals surface area contributed by atoms with Gasteiger partial charge in [-0.15, -0.1) is 11.6 Å². The largest absolute Gasteiger partial charge is 0.353 e. The lowest BCUT2D eigenvalue weighted by Gasteiger charge is -2.22. The Bertz CT molecular complexity index is 330. The molecule has 1 fully saturated rings. The Morgan fingerprint density at radius 3 is 2.76 bits per heavy atom.